The number of aryl methyl sites for hydroxylation is 2. The van der Waals surface area contributed by atoms with Crippen LogP contribution in [0.15, 0.2) is 78.4 Å². The summed E-state index contributed by atoms with van der Waals surface area (Å²) in [4.78, 5) is 12.3. The topological polar surface area (TPSA) is 35.5 Å². The molecule has 0 spiro atoms. The summed E-state index contributed by atoms with van der Waals surface area (Å²) in [7, 11) is 0. The van der Waals surface area contributed by atoms with Gasteiger partial charge in [-0.15, -0.1) is 0 Å². The van der Waals surface area contributed by atoms with Crippen LogP contribution in [0, 0.1) is 13.8 Å². The minimum Gasteiger partial charge on any atom is -0.489 e. The summed E-state index contributed by atoms with van der Waals surface area (Å²) in [5.41, 5.74) is 5.48. The zero-order valence-electron chi connectivity index (χ0n) is 16.8. The molecule has 150 valence electrons. The maximum Gasteiger partial charge on any atom is 0.343 e. The third-order valence-electron chi connectivity index (χ3n) is 4.94. The molecule has 0 radical (unpaired) electrons. The molecule has 3 aromatic rings. The van der Waals surface area contributed by atoms with Gasteiger partial charge in [0.15, 0.2) is 0 Å². The molecule has 0 saturated heterocycles. The lowest BCUT2D eigenvalue weighted by atomic mass is 10.0. The average molecular weight is 417 g/mol. The van der Waals surface area contributed by atoms with Gasteiger partial charge in [0.25, 0.3) is 0 Å². The van der Waals surface area contributed by atoms with Gasteiger partial charge in [-0.1, -0.05) is 59.6 Å². The summed E-state index contributed by atoms with van der Waals surface area (Å²) in [6.45, 7) is 4.42. The molecular weight excluding hydrogens is 396 g/mol. The van der Waals surface area contributed by atoms with Crippen LogP contribution in [0.25, 0.3) is 11.8 Å². The fraction of sp³-hybridized carbons (Fsp3) is 0.115. The molecule has 1 aliphatic rings. The van der Waals surface area contributed by atoms with E-state index in [-0.39, 0.29) is 5.97 Å². The predicted molar refractivity (Wildman–Crippen MR) is 120 cm³/mol. The Kier molecular flexibility index (Phi) is 5.73. The summed E-state index contributed by atoms with van der Waals surface area (Å²) in [5, 5.41) is 0.685. The number of carbonyl (C=O) groups excluding carboxylic acids is 1. The molecular formula is C26H21ClO3. The zero-order valence-corrected chi connectivity index (χ0v) is 17.6. The second-order valence-electron chi connectivity index (χ2n) is 7.27. The van der Waals surface area contributed by atoms with Crippen molar-refractivity contribution >= 4 is 29.4 Å². The van der Waals surface area contributed by atoms with Gasteiger partial charge >= 0.3 is 5.97 Å². The van der Waals surface area contributed by atoms with Gasteiger partial charge in [-0.25, -0.2) is 4.79 Å². The number of rotatable bonds is 5. The maximum atomic E-state index is 12.3. The van der Waals surface area contributed by atoms with Crippen LogP contribution in [0.3, 0.4) is 0 Å². The second-order valence-corrected chi connectivity index (χ2v) is 7.67. The van der Waals surface area contributed by atoms with Crippen LogP contribution in [0.1, 0.15) is 27.8 Å². The fourth-order valence-electron chi connectivity index (χ4n) is 3.24. The number of cyclic esters (lactones) is 1. The van der Waals surface area contributed by atoms with Gasteiger partial charge in [-0.2, -0.15) is 0 Å². The summed E-state index contributed by atoms with van der Waals surface area (Å²) >= 11 is 6.16. The Bertz CT molecular complexity index is 1160. The summed E-state index contributed by atoms with van der Waals surface area (Å²) < 4.78 is 11.3. The zero-order chi connectivity index (χ0) is 21.1. The lowest BCUT2D eigenvalue weighted by Crippen LogP contribution is -1.98. The average Bonchev–Trinajstić information content (AvgIpc) is 3.10. The van der Waals surface area contributed by atoms with Crippen LogP contribution in [0.2, 0.25) is 5.02 Å². The van der Waals surface area contributed by atoms with E-state index in [2.05, 4.69) is 0 Å². The number of hydrogen-bond donors (Lipinski definition) is 0. The van der Waals surface area contributed by atoms with Crippen molar-refractivity contribution in [2.45, 2.75) is 20.5 Å². The SMILES string of the molecule is Cc1ccc(C)c(C2=C/C(=C\c3ccc(OCc4ccccc4Cl)cc3)C(=O)O2)c1. The van der Waals surface area contributed by atoms with E-state index in [4.69, 9.17) is 21.1 Å². The van der Waals surface area contributed by atoms with Crippen molar-refractivity contribution in [1.29, 1.82) is 0 Å². The molecule has 1 aliphatic heterocycles. The molecule has 0 N–H and O–H groups in total. The summed E-state index contributed by atoms with van der Waals surface area (Å²) in [6, 6.07) is 21.3. The van der Waals surface area contributed by atoms with Gasteiger partial charge in [0.05, 0.1) is 5.57 Å². The van der Waals surface area contributed by atoms with Crippen molar-refractivity contribution < 1.29 is 14.3 Å². The van der Waals surface area contributed by atoms with Crippen LogP contribution in [0.4, 0.5) is 0 Å². The van der Waals surface area contributed by atoms with Crippen LogP contribution < -0.4 is 4.74 Å². The van der Waals surface area contributed by atoms with Crippen molar-refractivity contribution in [3.05, 3.63) is 111 Å². The van der Waals surface area contributed by atoms with Crippen LogP contribution in [-0.4, -0.2) is 5.97 Å². The minimum atomic E-state index is -0.343. The van der Waals surface area contributed by atoms with Crippen LogP contribution in [0.5, 0.6) is 5.75 Å². The molecule has 0 aromatic heterocycles. The number of benzene rings is 3. The van der Waals surface area contributed by atoms with Crippen molar-refractivity contribution in [2.75, 3.05) is 0 Å². The van der Waals surface area contributed by atoms with Gasteiger partial charge in [-0.3, -0.25) is 0 Å². The van der Waals surface area contributed by atoms with Crippen molar-refractivity contribution in [3.8, 4) is 5.75 Å². The Labute approximate surface area is 181 Å². The molecule has 1 heterocycles. The highest BCUT2D eigenvalue weighted by Gasteiger charge is 2.23. The molecule has 0 amide bonds. The first-order chi connectivity index (χ1) is 14.5. The standard InChI is InChI=1S/C26H21ClO3/c1-17-7-8-18(2)23(13-17)25-15-21(26(28)30-25)14-19-9-11-22(12-10-19)29-16-20-5-3-4-6-24(20)27/h3-15H,16H2,1-2H3/b21-14+. The third kappa shape index (κ3) is 4.47. The van der Waals surface area contributed by atoms with E-state index in [1.165, 1.54) is 0 Å². The first-order valence-electron chi connectivity index (χ1n) is 9.69. The monoisotopic (exact) mass is 416 g/mol. The number of ether oxygens (including phenoxy) is 2. The number of esters is 1. The van der Waals surface area contributed by atoms with Crippen molar-refractivity contribution in [2.24, 2.45) is 0 Å². The lowest BCUT2D eigenvalue weighted by molar-refractivity contribution is -0.130. The Morgan fingerprint density at radius 1 is 1.00 bits per heavy atom. The van der Waals surface area contributed by atoms with Gasteiger partial charge < -0.3 is 9.47 Å². The predicted octanol–water partition coefficient (Wildman–Crippen LogP) is 6.52. The van der Waals surface area contributed by atoms with E-state index in [0.29, 0.717) is 23.0 Å². The molecule has 0 saturated carbocycles. The van der Waals surface area contributed by atoms with E-state index in [1.807, 2.05) is 86.7 Å². The lowest BCUT2D eigenvalue weighted by Gasteiger charge is -2.08. The van der Waals surface area contributed by atoms with Crippen LogP contribution in [-0.2, 0) is 16.1 Å². The van der Waals surface area contributed by atoms with Crippen molar-refractivity contribution in [3.63, 3.8) is 0 Å². The van der Waals surface area contributed by atoms with E-state index in [0.717, 1.165) is 33.6 Å². The van der Waals surface area contributed by atoms with E-state index in [9.17, 15) is 4.79 Å². The summed E-state index contributed by atoms with van der Waals surface area (Å²) in [5.74, 6) is 0.981. The first kappa shape index (κ1) is 20.0. The smallest absolute Gasteiger partial charge is 0.343 e. The molecule has 3 aromatic carbocycles. The molecule has 4 rings (SSSR count). The number of hydrogen-bond acceptors (Lipinski definition) is 3. The largest absolute Gasteiger partial charge is 0.489 e. The normalized spacial score (nSPS) is 14.6. The third-order valence-corrected chi connectivity index (χ3v) is 5.31. The molecule has 4 heteroatoms. The highest BCUT2D eigenvalue weighted by atomic mass is 35.5. The van der Waals surface area contributed by atoms with Gasteiger partial charge in [0, 0.05) is 16.1 Å². The Morgan fingerprint density at radius 2 is 1.77 bits per heavy atom. The first-order valence-corrected chi connectivity index (χ1v) is 10.1. The second kappa shape index (κ2) is 8.60. The van der Waals surface area contributed by atoms with Crippen LogP contribution >= 0.6 is 11.6 Å². The molecule has 0 aliphatic carbocycles. The Balaban J connectivity index is 1.49. The van der Waals surface area contributed by atoms with Gasteiger partial charge in [0.1, 0.15) is 18.1 Å². The molecule has 0 atom stereocenters. The Morgan fingerprint density at radius 3 is 2.53 bits per heavy atom. The molecule has 0 bridgehead atoms. The van der Waals surface area contributed by atoms with Gasteiger partial charge in [-0.05, 0) is 61.4 Å². The fourth-order valence-corrected chi connectivity index (χ4v) is 3.43. The number of carbonyl (C=O) groups is 1. The highest BCUT2D eigenvalue weighted by Crippen LogP contribution is 2.30. The number of halogens is 1. The van der Waals surface area contributed by atoms with Crippen molar-refractivity contribution in [1.82, 2.24) is 0 Å². The highest BCUT2D eigenvalue weighted by molar-refractivity contribution is 6.31. The van der Waals surface area contributed by atoms with E-state index in [1.54, 1.807) is 6.08 Å². The Hall–Kier alpha value is -3.30. The minimum absolute atomic E-state index is 0.343. The quantitative estimate of drug-likeness (QED) is 0.351. The molecule has 30 heavy (non-hydrogen) atoms. The summed E-state index contributed by atoms with van der Waals surface area (Å²) in [6.07, 6.45) is 3.62. The molecule has 0 unspecified atom stereocenters. The van der Waals surface area contributed by atoms with E-state index >= 15 is 0 Å². The molecule has 0 fully saturated rings. The van der Waals surface area contributed by atoms with E-state index < -0.39 is 0 Å². The maximum absolute atomic E-state index is 12.3. The van der Waals surface area contributed by atoms with Gasteiger partial charge in [0.2, 0.25) is 0 Å². The molecule has 3 nitrogen and oxygen atoms in total.